The second kappa shape index (κ2) is 8.72. The van der Waals surface area contributed by atoms with Crippen LogP contribution in [-0.4, -0.2) is 39.9 Å². The molecule has 0 saturated carbocycles. The molecule has 5 heterocycles. The molecule has 3 aliphatic heterocycles. The lowest BCUT2D eigenvalue weighted by Gasteiger charge is -2.01. The summed E-state index contributed by atoms with van der Waals surface area (Å²) in [7, 11) is 0. The largest absolute Gasteiger partial charge is 0.325 e. The maximum atomic E-state index is 5.04. The Hall–Kier alpha value is -5.06. The van der Waals surface area contributed by atoms with Crippen molar-refractivity contribution < 1.29 is 0 Å². The maximum Gasteiger partial charge on any atom is 0.165 e. The van der Waals surface area contributed by atoms with Crippen molar-refractivity contribution in [2.24, 2.45) is 0 Å². The van der Waals surface area contributed by atoms with Crippen LogP contribution < -0.4 is 0 Å². The summed E-state index contributed by atoms with van der Waals surface area (Å²) < 4.78 is 0. The number of fused-ring (bicyclic) bond motifs is 20. The van der Waals surface area contributed by atoms with Crippen molar-refractivity contribution in [3.05, 3.63) is 84.9 Å². The molecular weight excluding hydrogens is 561 g/mol. The SMILES string of the molecule is Sc1ccc2c3[nH]c4nc(nc5nc(nc6nc(nc([nH]3)c2c1)-c1cccc(S)c1-6)-c1ccccc1-5)-c1ccccc1-4. The van der Waals surface area contributed by atoms with E-state index in [0.717, 1.165) is 59.6 Å². The second-order valence-corrected chi connectivity index (χ2v) is 11.1. The van der Waals surface area contributed by atoms with Crippen LogP contribution in [0.25, 0.3) is 90.4 Å². The first-order valence-electron chi connectivity index (χ1n) is 13.3. The first-order chi connectivity index (χ1) is 20.6. The zero-order valence-electron chi connectivity index (χ0n) is 21.7. The van der Waals surface area contributed by atoms with Gasteiger partial charge in [0.1, 0.15) is 17.1 Å². The smallest absolute Gasteiger partial charge is 0.165 e. The van der Waals surface area contributed by atoms with Crippen molar-refractivity contribution in [1.82, 2.24) is 39.9 Å². The Labute approximate surface area is 249 Å². The van der Waals surface area contributed by atoms with Crippen LogP contribution in [0, 0.1) is 0 Å². The summed E-state index contributed by atoms with van der Waals surface area (Å²) in [5, 5.41) is 1.85. The first-order valence-corrected chi connectivity index (χ1v) is 14.2. The van der Waals surface area contributed by atoms with Gasteiger partial charge in [-0.3, -0.25) is 0 Å². The van der Waals surface area contributed by atoms with Crippen LogP contribution in [-0.2, 0) is 0 Å². The zero-order chi connectivity index (χ0) is 27.9. The summed E-state index contributed by atoms with van der Waals surface area (Å²) >= 11 is 9.38. The van der Waals surface area contributed by atoms with Gasteiger partial charge in [0.25, 0.3) is 0 Å². The van der Waals surface area contributed by atoms with Crippen molar-refractivity contribution >= 4 is 47.3 Å². The van der Waals surface area contributed by atoms with Gasteiger partial charge in [-0.15, -0.1) is 25.3 Å². The fourth-order valence-electron chi connectivity index (χ4n) is 5.71. The van der Waals surface area contributed by atoms with Gasteiger partial charge in [-0.05, 0) is 24.3 Å². The molecule has 0 atom stereocenters. The van der Waals surface area contributed by atoms with Crippen LogP contribution in [0.4, 0.5) is 0 Å². The molecule has 2 aromatic heterocycles. The lowest BCUT2D eigenvalue weighted by atomic mass is 10.1. The number of hydrogen-bond donors (Lipinski definition) is 4. The summed E-state index contributed by atoms with van der Waals surface area (Å²) in [6.07, 6.45) is 0. The van der Waals surface area contributed by atoms with Crippen molar-refractivity contribution in [2.45, 2.75) is 9.79 Å². The highest BCUT2D eigenvalue weighted by molar-refractivity contribution is 7.80. The first kappa shape index (κ1) is 23.6. The summed E-state index contributed by atoms with van der Waals surface area (Å²) in [4.78, 5) is 38.4. The molecule has 0 spiro atoms. The lowest BCUT2D eigenvalue weighted by Crippen LogP contribution is -1.86. The van der Waals surface area contributed by atoms with Crippen molar-refractivity contribution in [3.8, 4) is 68.3 Å². The number of thiol groups is 2. The molecule has 0 unspecified atom stereocenters. The van der Waals surface area contributed by atoms with Crippen LogP contribution >= 0.6 is 25.3 Å². The van der Waals surface area contributed by atoms with Gasteiger partial charge in [-0.2, -0.15) is 0 Å². The number of nitrogens with one attached hydrogen (secondary N) is 2. The minimum Gasteiger partial charge on any atom is -0.325 e. The van der Waals surface area contributed by atoms with Gasteiger partial charge in [0.05, 0.1) is 0 Å². The van der Waals surface area contributed by atoms with Crippen molar-refractivity contribution in [2.75, 3.05) is 0 Å². The minimum absolute atomic E-state index is 0.500. The van der Waals surface area contributed by atoms with Gasteiger partial charge in [-0.1, -0.05) is 60.7 Å². The van der Waals surface area contributed by atoms with Gasteiger partial charge in [0.2, 0.25) is 0 Å². The van der Waals surface area contributed by atoms with Crippen molar-refractivity contribution in [1.29, 1.82) is 0 Å². The molecule has 10 heteroatoms. The third-order valence-electron chi connectivity index (χ3n) is 7.64. The number of nitrogens with zero attached hydrogens (tertiary/aromatic N) is 6. The molecular formula is C32H18N8S2. The van der Waals surface area contributed by atoms with Crippen LogP contribution in [0.3, 0.4) is 0 Å². The molecule has 8 bridgehead atoms. The van der Waals surface area contributed by atoms with E-state index >= 15 is 0 Å². The highest BCUT2D eigenvalue weighted by atomic mass is 32.1. The lowest BCUT2D eigenvalue weighted by molar-refractivity contribution is 1.14. The summed E-state index contributed by atoms with van der Waals surface area (Å²) in [5.74, 6) is 3.36. The van der Waals surface area contributed by atoms with Gasteiger partial charge in [-0.25, -0.2) is 29.9 Å². The van der Waals surface area contributed by atoms with E-state index in [-0.39, 0.29) is 0 Å². The molecule has 6 aromatic rings. The van der Waals surface area contributed by atoms with Crippen molar-refractivity contribution in [3.63, 3.8) is 0 Å². The van der Waals surface area contributed by atoms with Gasteiger partial charge < -0.3 is 9.97 Å². The number of H-pyrrole nitrogens is 2. The Morgan fingerprint density at radius 2 is 1.07 bits per heavy atom. The van der Waals surface area contributed by atoms with Crippen LogP contribution in [0.2, 0.25) is 0 Å². The molecule has 42 heavy (non-hydrogen) atoms. The molecule has 0 fully saturated rings. The molecule has 3 aliphatic rings. The summed E-state index contributed by atoms with van der Waals surface area (Å²) in [5.41, 5.74) is 6.69. The van der Waals surface area contributed by atoms with E-state index in [4.69, 9.17) is 42.5 Å². The quantitative estimate of drug-likeness (QED) is 0.140. The Bertz CT molecular complexity index is 2360. The number of rotatable bonds is 0. The van der Waals surface area contributed by atoms with Gasteiger partial charge >= 0.3 is 0 Å². The van der Waals surface area contributed by atoms with E-state index in [1.807, 2.05) is 84.9 Å². The van der Waals surface area contributed by atoms with E-state index in [9.17, 15) is 0 Å². The zero-order valence-corrected chi connectivity index (χ0v) is 23.4. The van der Waals surface area contributed by atoms with Gasteiger partial charge in [0, 0.05) is 53.9 Å². The highest BCUT2D eigenvalue weighted by Crippen LogP contribution is 2.41. The number of aromatic nitrogens is 8. The fourth-order valence-corrected chi connectivity index (χ4v) is 6.22. The Morgan fingerprint density at radius 3 is 1.81 bits per heavy atom. The number of benzene rings is 4. The van der Waals surface area contributed by atoms with Crippen LogP contribution in [0.15, 0.2) is 94.7 Å². The molecule has 2 N–H and O–H groups in total. The Morgan fingerprint density at radius 1 is 0.476 bits per heavy atom. The Kier molecular flexibility index (Phi) is 4.90. The average molecular weight is 579 g/mol. The van der Waals surface area contributed by atoms with E-state index < -0.39 is 0 Å². The van der Waals surface area contributed by atoms with E-state index in [1.165, 1.54) is 0 Å². The fraction of sp³-hybridized carbons (Fsp3) is 0. The maximum absolute atomic E-state index is 5.04. The number of aromatic amines is 2. The molecule has 0 aliphatic carbocycles. The topological polar surface area (TPSA) is 109 Å². The van der Waals surface area contributed by atoms with Crippen LogP contribution in [0.5, 0.6) is 0 Å². The van der Waals surface area contributed by atoms with E-state index in [1.54, 1.807) is 0 Å². The molecule has 0 saturated heterocycles. The monoisotopic (exact) mass is 578 g/mol. The highest BCUT2D eigenvalue weighted by Gasteiger charge is 2.25. The molecule has 9 rings (SSSR count). The predicted octanol–water partition coefficient (Wildman–Crippen LogP) is 7.35. The summed E-state index contributed by atoms with van der Waals surface area (Å²) in [6.45, 7) is 0. The molecule has 0 amide bonds. The minimum atomic E-state index is 0.500. The van der Waals surface area contributed by atoms with E-state index in [0.29, 0.717) is 40.6 Å². The molecule has 4 aromatic carbocycles. The van der Waals surface area contributed by atoms with Gasteiger partial charge in [0.15, 0.2) is 29.1 Å². The van der Waals surface area contributed by atoms with E-state index in [2.05, 4.69) is 22.6 Å². The summed E-state index contributed by atoms with van der Waals surface area (Å²) in [6, 6.07) is 27.8. The molecule has 8 nitrogen and oxygen atoms in total. The standard InChI is InChI=1S/C32H18N8S2/c41-15-12-13-20-22(14-15)31-37-29(20)36-27-17-7-2-1-6-16(17)25(34-27)33-26-18-8-3-4-9-19(18)28(35-26)39-32-24-21(30(38-31)40-32)10-5-11-23(24)42/h1-14,41-42H,(H2,33,34,35,36,37,38,39,40). The number of hydrogen-bond acceptors (Lipinski definition) is 8. The predicted molar refractivity (Wildman–Crippen MR) is 169 cm³/mol. The molecule has 0 radical (unpaired) electrons. The third-order valence-corrected chi connectivity index (χ3v) is 8.29. The van der Waals surface area contributed by atoms with Crippen LogP contribution in [0.1, 0.15) is 0 Å². The average Bonchev–Trinajstić information content (AvgIpc) is 3.73. The normalized spacial score (nSPS) is 12.0. The molecule has 198 valence electrons. The Balaban J connectivity index is 1.49. The third kappa shape index (κ3) is 3.45. The second-order valence-electron chi connectivity index (χ2n) is 10.1.